The lowest BCUT2D eigenvalue weighted by molar-refractivity contribution is 0.0957. The first-order chi connectivity index (χ1) is 9.99. The quantitative estimate of drug-likeness (QED) is 0.841. The van der Waals surface area contributed by atoms with Gasteiger partial charge in [-0.1, -0.05) is 26.3 Å². The second kappa shape index (κ2) is 5.53. The van der Waals surface area contributed by atoms with Gasteiger partial charge in [-0.25, -0.2) is 0 Å². The minimum atomic E-state index is -0.0705. The van der Waals surface area contributed by atoms with Crippen molar-refractivity contribution in [3.05, 3.63) is 29.3 Å². The fraction of sp³-hybridized carbons (Fsp3) is 0.588. The molecule has 1 aromatic carbocycles. The van der Waals surface area contributed by atoms with Crippen LogP contribution in [0.25, 0.3) is 0 Å². The second-order valence-corrected chi connectivity index (χ2v) is 7.22. The van der Waals surface area contributed by atoms with Gasteiger partial charge in [0, 0.05) is 0 Å². The second-order valence-electron chi connectivity index (χ2n) is 6.75. The largest absolute Gasteiger partial charge is 0.491 e. The molecule has 1 saturated carbocycles. The van der Waals surface area contributed by atoms with E-state index in [1.54, 1.807) is 0 Å². The van der Waals surface area contributed by atoms with Crippen molar-refractivity contribution in [3.63, 3.8) is 0 Å². The normalized spacial score (nSPS) is 25.5. The Labute approximate surface area is 131 Å². The van der Waals surface area contributed by atoms with E-state index in [4.69, 9.17) is 16.3 Å². The topological polar surface area (TPSA) is 38.3 Å². The molecule has 1 N–H and O–H groups in total. The number of nitrogens with one attached hydrogen (secondary N) is 1. The van der Waals surface area contributed by atoms with Crippen molar-refractivity contribution >= 4 is 17.5 Å². The van der Waals surface area contributed by atoms with E-state index < -0.39 is 0 Å². The molecule has 1 amide bonds. The van der Waals surface area contributed by atoms with Crippen LogP contribution in [-0.2, 0) is 0 Å². The number of rotatable bonds is 2. The average molecular weight is 308 g/mol. The Kier molecular flexibility index (Phi) is 3.87. The van der Waals surface area contributed by atoms with Crippen LogP contribution in [0.3, 0.4) is 0 Å². The molecular formula is C17H22ClNO2. The number of fused-ring (bicyclic) bond motifs is 1. The first kappa shape index (κ1) is 14.7. The molecule has 3 nitrogen and oxygen atoms in total. The summed E-state index contributed by atoms with van der Waals surface area (Å²) in [5, 5.41) is 2.79. The highest BCUT2D eigenvalue weighted by Gasteiger charge is 2.39. The number of ether oxygens (including phenoxy) is 1. The predicted octanol–water partition coefficient (Wildman–Crippen LogP) is 3.92. The van der Waals surface area contributed by atoms with E-state index in [0.29, 0.717) is 30.4 Å². The number of carbonyl (C=O) groups excluding carboxylic acids is 1. The number of benzene rings is 1. The summed E-state index contributed by atoms with van der Waals surface area (Å²) in [6.07, 6.45) is 3.60. The Morgan fingerprint density at radius 2 is 2.24 bits per heavy atom. The Hall–Kier alpha value is -1.22. The molecule has 0 saturated heterocycles. The van der Waals surface area contributed by atoms with Gasteiger partial charge in [0.1, 0.15) is 12.4 Å². The van der Waals surface area contributed by atoms with Gasteiger partial charge in [0.15, 0.2) is 0 Å². The molecule has 4 heteroatoms. The molecule has 1 aliphatic heterocycles. The van der Waals surface area contributed by atoms with E-state index in [0.717, 1.165) is 12.0 Å². The molecular weight excluding hydrogens is 286 g/mol. The molecule has 0 radical (unpaired) electrons. The van der Waals surface area contributed by atoms with E-state index in [-0.39, 0.29) is 16.7 Å². The zero-order chi connectivity index (χ0) is 15.0. The molecule has 2 unspecified atom stereocenters. The molecule has 114 valence electrons. The van der Waals surface area contributed by atoms with E-state index in [1.807, 2.05) is 18.2 Å². The minimum absolute atomic E-state index is 0.0520. The summed E-state index contributed by atoms with van der Waals surface area (Å²) in [5.41, 5.74) is 1.89. The number of hydrogen-bond acceptors (Lipinski definition) is 2. The Morgan fingerprint density at radius 1 is 1.43 bits per heavy atom. The van der Waals surface area contributed by atoms with Crippen molar-refractivity contribution in [1.29, 1.82) is 0 Å². The average Bonchev–Trinajstić information content (AvgIpc) is 2.70. The molecule has 21 heavy (non-hydrogen) atoms. The van der Waals surface area contributed by atoms with Crippen LogP contribution in [0.1, 0.15) is 54.4 Å². The lowest BCUT2D eigenvalue weighted by atomic mass is 9.78. The van der Waals surface area contributed by atoms with Crippen LogP contribution in [0.4, 0.5) is 0 Å². The van der Waals surface area contributed by atoms with Crippen molar-refractivity contribution in [2.24, 2.45) is 11.3 Å². The third-order valence-corrected chi connectivity index (χ3v) is 5.46. The smallest absolute Gasteiger partial charge is 0.255 e. The summed E-state index contributed by atoms with van der Waals surface area (Å²) in [7, 11) is 0. The number of alkyl halides is 1. The molecule has 2 aliphatic rings. The van der Waals surface area contributed by atoms with Crippen LogP contribution in [0.2, 0.25) is 0 Å². The van der Waals surface area contributed by atoms with Gasteiger partial charge in [-0.15, -0.1) is 11.6 Å². The first-order valence-corrected chi connectivity index (χ1v) is 8.12. The van der Waals surface area contributed by atoms with Gasteiger partial charge in [0.25, 0.3) is 5.91 Å². The zero-order valence-corrected chi connectivity index (χ0v) is 13.4. The molecule has 1 fully saturated rings. The number of carbonyl (C=O) groups is 1. The van der Waals surface area contributed by atoms with E-state index in [2.05, 4.69) is 19.2 Å². The predicted molar refractivity (Wildman–Crippen MR) is 84.0 cm³/mol. The van der Waals surface area contributed by atoms with E-state index in [1.165, 1.54) is 12.8 Å². The standard InChI is InChI=1S/C17H22ClNO2/c1-17(2)7-3-4-13(17)15(18)11-5-6-14-12(10-11)16(20)19-8-9-21-14/h5-6,10,13,15H,3-4,7-9H2,1-2H3,(H,19,20). The number of halogens is 1. The van der Waals surface area contributed by atoms with Gasteiger partial charge in [0.2, 0.25) is 0 Å². The highest BCUT2D eigenvalue weighted by atomic mass is 35.5. The molecule has 3 rings (SSSR count). The zero-order valence-electron chi connectivity index (χ0n) is 12.6. The monoisotopic (exact) mass is 307 g/mol. The fourth-order valence-corrected chi connectivity index (χ4v) is 4.17. The van der Waals surface area contributed by atoms with Gasteiger partial charge in [-0.3, -0.25) is 4.79 Å². The lowest BCUT2D eigenvalue weighted by Gasteiger charge is -2.31. The van der Waals surface area contributed by atoms with Gasteiger partial charge >= 0.3 is 0 Å². The van der Waals surface area contributed by atoms with Crippen LogP contribution in [0, 0.1) is 11.3 Å². The molecule has 1 heterocycles. The van der Waals surface area contributed by atoms with Crippen LogP contribution in [0.15, 0.2) is 18.2 Å². The SMILES string of the molecule is CC1(C)CCCC1C(Cl)c1ccc2c(c1)C(=O)NCCO2. The van der Waals surface area contributed by atoms with Crippen molar-refractivity contribution in [3.8, 4) is 5.75 Å². The maximum absolute atomic E-state index is 12.1. The maximum Gasteiger partial charge on any atom is 0.255 e. The first-order valence-electron chi connectivity index (χ1n) is 7.68. The Bertz CT molecular complexity index is 556. The Morgan fingerprint density at radius 3 is 2.95 bits per heavy atom. The van der Waals surface area contributed by atoms with Gasteiger partial charge in [-0.05, 0) is 41.9 Å². The van der Waals surface area contributed by atoms with Crippen LogP contribution in [0.5, 0.6) is 5.75 Å². The summed E-state index contributed by atoms with van der Waals surface area (Å²) in [5.74, 6) is 1.04. The summed E-state index contributed by atoms with van der Waals surface area (Å²) < 4.78 is 5.59. The van der Waals surface area contributed by atoms with Crippen LogP contribution < -0.4 is 10.1 Å². The summed E-state index contributed by atoms with van der Waals surface area (Å²) >= 11 is 6.76. The van der Waals surface area contributed by atoms with Gasteiger partial charge < -0.3 is 10.1 Å². The van der Waals surface area contributed by atoms with E-state index in [9.17, 15) is 4.79 Å². The molecule has 0 bridgehead atoms. The van der Waals surface area contributed by atoms with Gasteiger partial charge in [0.05, 0.1) is 17.5 Å². The molecule has 0 aromatic heterocycles. The van der Waals surface area contributed by atoms with Gasteiger partial charge in [-0.2, -0.15) is 0 Å². The van der Waals surface area contributed by atoms with Crippen molar-refractivity contribution in [2.75, 3.05) is 13.2 Å². The minimum Gasteiger partial charge on any atom is -0.491 e. The molecule has 2 atom stereocenters. The summed E-state index contributed by atoms with van der Waals surface area (Å²) in [6, 6.07) is 5.79. The third kappa shape index (κ3) is 2.76. The Balaban J connectivity index is 1.91. The molecule has 1 aromatic rings. The third-order valence-electron chi connectivity index (χ3n) is 4.91. The molecule has 1 aliphatic carbocycles. The fourth-order valence-electron chi connectivity index (χ4n) is 3.57. The molecule has 0 spiro atoms. The van der Waals surface area contributed by atoms with E-state index >= 15 is 0 Å². The highest BCUT2D eigenvalue weighted by molar-refractivity contribution is 6.21. The number of amides is 1. The van der Waals surface area contributed by atoms with Crippen molar-refractivity contribution in [2.45, 2.75) is 38.5 Å². The lowest BCUT2D eigenvalue weighted by Crippen LogP contribution is -2.25. The van der Waals surface area contributed by atoms with Crippen LogP contribution in [-0.4, -0.2) is 19.1 Å². The van der Waals surface area contributed by atoms with Crippen LogP contribution >= 0.6 is 11.6 Å². The van der Waals surface area contributed by atoms with Crippen molar-refractivity contribution < 1.29 is 9.53 Å². The highest BCUT2D eigenvalue weighted by Crippen LogP contribution is 2.51. The number of hydrogen-bond donors (Lipinski definition) is 1. The maximum atomic E-state index is 12.1. The van der Waals surface area contributed by atoms with Crippen molar-refractivity contribution in [1.82, 2.24) is 5.32 Å². The summed E-state index contributed by atoms with van der Waals surface area (Å²) in [4.78, 5) is 12.1. The summed E-state index contributed by atoms with van der Waals surface area (Å²) in [6.45, 7) is 5.64.